The molecule has 1 heterocycles. The molecule has 0 aromatic heterocycles. The van der Waals surface area contributed by atoms with Crippen molar-refractivity contribution in [3.8, 4) is 0 Å². The average molecular weight is 237 g/mol. The molecule has 1 saturated heterocycles. The van der Waals surface area contributed by atoms with E-state index in [0.29, 0.717) is 13.1 Å². The zero-order chi connectivity index (χ0) is 12.1. The number of benzene rings is 1. The third-order valence-corrected chi connectivity index (χ3v) is 2.93. The molecular weight excluding hydrogens is 221 g/mol. The van der Waals surface area contributed by atoms with Crippen molar-refractivity contribution in [1.82, 2.24) is 5.32 Å². The fourth-order valence-corrected chi connectivity index (χ4v) is 1.91. The molecule has 1 aromatic carbocycles. The number of alkyl halides is 1. The first-order valence-corrected chi connectivity index (χ1v) is 5.80. The lowest BCUT2D eigenvalue weighted by Gasteiger charge is -2.10. The first kappa shape index (κ1) is 12.0. The van der Waals surface area contributed by atoms with Crippen molar-refractivity contribution < 1.29 is 13.9 Å². The Bertz CT molecular complexity index is 369. The van der Waals surface area contributed by atoms with Crippen LogP contribution in [0.1, 0.15) is 12.0 Å². The van der Waals surface area contributed by atoms with Crippen molar-refractivity contribution in [2.45, 2.75) is 19.2 Å². The van der Waals surface area contributed by atoms with Crippen LogP contribution in [0.15, 0.2) is 30.3 Å². The van der Waals surface area contributed by atoms with Gasteiger partial charge < -0.3 is 10.1 Å². The van der Waals surface area contributed by atoms with E-state index in [1.165, 1.54) is 0 Å². The maximum atomic E-state index is 13.2. The first-order chi connectivity index (χ1) is 8.25. The molecule has 3 nitrogen and oxygen atoms in total. The van der Waals surface area contributed by atoms with Crippen molar-refractivity contribution in [2.24, 2.45) is 5.92 Å². The molecule has 2 rings (SSSR count). The maximum absolute atomic E-state index is 13.2. The summed E-state index contributed by atoms with van der Waals surface area (Å²) >= 11 is 0. The molecule has 0 amide bonds. The van der Waals surface area contributed by atoms with E-state index in [2.05, 4.69) is 5.32 Å². The number of ether oxygens (including phenoxy) is 1. The molecule has 0 bridgehead atoms. The summed E-state index contributed by atoms with van der Waals surface area (Å²) in [4.78, 5) is 11.5. The predicted molar refractivity (Wildman–Crippen MR) is 62.1 cm³/mol. The number of halogens is 1. The van der Waals surface area contributed by atoms with E-state index in [9.17, 15) is 9.18 Å². The highest BCUT2D eigenvalue weighted by atomic mass is 19.1. The molecule has 1 fully saturated rings. The predicted octanol–water partition coefficient (Wildman–Crippen LogP) is 1.68. The minimum Gasteiger partial charge on any atom is -0.461 e. The van der Waals surface area contributed by atoms with Crippen LogP contribution in [0.5, 0.6) is 0 Å². The summed E-state index contributed by atoms with van der Waals surface area (Å²) in [6, 6.07) is 9.47. The van der Waals surface area contributed by atoms with Crippen molar-refractivity contribution >= 4 is 5.97 Å². The molecule has 2 atom stereocenters. The van der Waals surface area contributed by atoms with Gasteiger partial charge in [0.25, 0.3) is 0 Å². The summed E-state index contributed by atoms with van der Waals surface area (Å²) < 4.78 is 18.3. The Labute approximate surface area is 100.0 Å². The van der Waals surface area contributed by atoms with Crippen LogP contribution < -0.4 is 5.32 Å². The molecule has 0 spiro atoms. The Morgan fingerprint density at radius 1 is 1.35 bits per heavy atom. The lowest BCUT2D eigenvalue weighted by atomic mass is 10.0. The largest absolute Gasteiger partial charge is 0.461 e. The summed E-state index contributed by atoms with van der Waals surface area (Å²) in [7, 11) is 0. The average Bonchev–Trinajstić information content (AvgIpc) is 2.74. The van der Waals surface area contributed by atoms with Crippen LogP contribution in [0, 0.1) is 5.92 Å². The topological polar surface area (TPSA) is 38.3 Å². The second-order valence-electron chi connectivity index (χ2n) is 4.28. The van der Waals surface area contributed by atoms with E-state index in [-0.39, 0.29) is 24.9 Å². The van der Waals surface area contributed by atoms with E-state index in [1.807, 2.05) is 30.3 Å². The molecule has 1 aliphatic heterocycles. The lowest BCUT2D eigenvalue weighted by Crippen LogP contribution is -2.19. The number of nitrogens with one attached hydrogen (secondary N) is 1. The molecule has 0 saturated carbocycles. The van der Waals surface area contributed by atoms with Gasteiger partial charge in [0, 0.05) is 19.0 Å². The molecule has 0 unspecified atom stereocenters. The van der Waals surface area contributed by atoms with Crippen LogP contribution in [0.25, 0.3) is 0 Å². The quantitative estimate of drug-likeness (QED) is 0.810. The molecular formula is C13H16FNO2. The van der Waals surface area contributed by atoms with Gasteiger partial charge in [-0.3, -0.25) is 4.79 Å². The van der Waals surface area contributed by atoms with Gasteiger partial charge in [0.2, 0.25) is 0 Å². The number of rotatable bonds is 4. The number of carbonyl (C=O) groups excluding carboxylic acids is 1. The highest BCUT2D eigenvalue weighted by molar-refractivity contribution is 5.69. The van der Waals surface area contributed by atoms with E-state index in [1.54, 1.807) is 0 Å². The van der Waals surface area contributed by atoms with E-state index in [0.717, 1.165) is 5.56 Å². The highest BCUT2D eigenvalue weighted by Crippen LogP contribution is 2.17. The summed E-state index contributed by atoms with van der Waals surface area (Å²) in [5.74, 6) is -0.566. The zero-order valence-electron chi connectivity index (χ0n) is 9.56. The summed E-state index contributed by atoms with van der Waals surface area (Å²) in [6.45, 7) is 1.16. The van der Waals surface area contributed by atoms with Crippen LogP contribution in [-0.2, 0) is 16.1 Å². The van der Waals surface area contributed by atoms with Crippen LogP contribution in [0.2, 0.25) is 0 Å². The Morgan fingerprint density at radius 3 is 2.76 bits per heavy atom. The van der Waals surface area contributed by atoms with E-state index >= 15 is 0 Å². The smallest absolute Gasteiger partial charge is 0.306 e. The molecule has 4 heteroatoms. The van der Waals surface area contributed by atoms with Crippen LogP contribution in [-0.4, -0.2) is 25.2 Å². The zero-order valence-corrected chi connectivity index (χ0v) is 9.56. The Kier molecular flexibility index (Phi) is 4.09. The minimum atomic E-state index is -0.931. The van der Waals surface area contributed by atoms with Gasteiger partial charge in [-0.15, -0.1) is 0 Å². The highest BCUT2D eigenvalue weighted by Gasteiger charge is 2.29. The summed E-state index contributed by atoms with van der Waals surface area (Å²) in [5, 5.41) is 2.92. The number of carbonyl (C=O) groups is 1. The first-order valence-electron chi connectivity index (χ1n) is 5.80. The van der Waals surface area contributed by atoms with Gasteiger partial charge in [-0.25, -0.2) is 4.39 Å². The molecule has 0 aliphatic carbocycles. The molecule has 92 valence electrons. The van der Waals surface area contributed by atoms with Crippen molar-refractivity contribution in [3.63, 3.8) is 0 Å². The standard InChI is InChI=1S/C13H16FNO2/c14-12-8-15-7-11(12)6-13(16)17-9-10-4-2-1-3-5-10/h1-5,11-12,15H,6-9H2/t11-,12-/m1/s1. The van der Waals surface area contributed by atoms with Gasteiger partial charge in [-0.05, 0) is 5.56 Å². The van der Waals surface area contributed by atoms with Crippen molar-refractivity contribution in [3.05, 3.63) is 35.9 Å². The monoisotopic (exact) mass is 237 g/mol. The van der Waals surface area contributed by atoms with Crippen LogP contribution in [0.3, 0.4) is 0 Å². The van der Waals surface area contributed by atoms with E-state index < -0.39 is 6.17 Å². The third-order valence-electron chi connectivity index (χ3n) is 2.93. The second-order valence-corrected chi connectivity index (χ2v) is 4.28. The van der Waals surface area contributed by atoms with Gasteiger partial charge in [0.05, 0.1) is 6.42 Å². The molecule has 0 radical (unpaired) electrons. The summed E-state index contributed by atoms with van der Waals surface area (Å²) in [5.41, 5.74) is 0.946. The number of esters is 1. The van der Waals surface area contributed by atoms with Gasteiger partial charge in [0.15, 0.2) is 0 Å². The van der Waals surface area contributed by atoms with Gasteiger partial charge in [0.1, 0.15) is 12.8 Å². The molecule has 17 heavy (non-hydrogen) atoms. The van der Waals surface area contributed by atoms with Crippen LogP contribution >= 0.6 is 0 Å². The minimum absolute atomic E-state index is 0.154. The lowest BCUT2D eigenvalue weighted by molar-refractivity contribution is -0.146. The normalized spacial score (nSPS) is 23.6. The molecule has 1 aromatic rings. The van der Waals surface area contributed by atoms with Crippen molar-refractivity contribution in [2.75, 3.05) is 13.1 Å². The molecule has 1 N–H and O–H groups in total. The van der Waals surface area contributed by atoms with E-state index in [4.69, 9.17) is 4.74 Å². The SMILES string of the molecule is O=C(C[C@@H]1CNC[C@H]1F)OCc1ccccc1. The number of hydrogen-bond donors (Lipinski definition) is 1. The molecule has 1 aliphatic rings. The fourth-order valence-electron chi connectivity index (χ4n) is 1.91. The van der Waals surface area contributed by atoms with Gasteiger partial charge in [-0.1, -0.05) is 30.3 Å². The fraction of sp³-hybridized carbons (Fsp3) is 0.462. The Hall–Kier alpha value is -1.42. The summed E-state index contributed by atoms with van der Waals surface area (Å²) in [6.07, 6.45) is -0.777. The Morgan fingerprint density at radius 2 is 2.12 bits per heavy atom. The van der Waals surface area contributed by atoms with Crippen molar-refractivity contribution in [1.29, 1.82) is 0 Å². The maximum Gasteiger partial charge on any atom is 0.306 e. The van der Waals surface area contributed by atoms with Gasteiger partial charge in [-0.2, -0.15) is 0 Å². The second kappa shape index (κ2) is 5.77. The van der Waals surface area contributed by atoms with Crippen LogP contribution in [0.4, 0.5) is 4.39 Å². The Balaban J connectivity index is 1.74. The number of hydrogen-bond acceptors (Lipinski definition) is 3. The third kappa shape index (κ3) is 3.53. The van der Waals surface area contributed by atoms with Gasteiger partial charge >= 0.3 is 5.97 Å².